The third-order valence-corrected chi connectivity index (χ3v) is 2.82. The molecular formula is C15H15NO5. The number of hydrogen-bond acceptors (Lipinski definition) is 5. The number of nitrogens with two attached hydrogens (primary N) is 1. The molecule has 1 amide bonds. The lowest BCUT2D eigenvalue weighted by Gasteiger charge is -2.09. The molecule has 1 heterocycles. The van der Waals surface area contributed by atoms with Crippen LogP contribution in [-0.2, 0) is 11.3 Å². The van der Waals surface area contributed by atoms with Gasteiger partial charge < -0.3 is 19.6 Å². The fourth-order valence-electron chi connectivity index (χ4n) is 1.77. The first kappa shape index (κ1) is 14.6. The molecule has 2 N–H and O–H groups in total. The highest BCUT2D eigenvalue weighted by Gasteiger charge is 2.13. The predicted molar refractivity (Wildman–Crippen MR) is 74.1 cm³/mol. The van der Waals surface area contributed by atoms with Crippen LogP contribution in [-0.4, -0.2) is 19.0 Å². The van der Waals surface area contributed by atoms with Crippen LogP contribution in [0.3, 0.4) is 0 Å². The first-order chi connectivity index (χ1) is 10.0. The smallest absolute Gasteiger partial charge is 0.373 e. The molecule has 0 aliphatic heterocycles. The number of amides is 1. The standard InChI is InChI=1S/C15H15NO5/c1-9-3-5-11(14(16)17)13(7-9)20-8-10-4-6-12(21-10)15(18)19-2/h3-7H,8H2,1-2H3,(H2,16,17). The van der Waals surface area contributed by atoms with E-state index in [1.807, 2.05) is 6.92 Å². The number of benzene rings is 1. The monoisotopic (exact) mass is 289 g/mol. The first-order valence-electron chi connectivity index (χ1n) is 6.21. The Labute approximate surface area is 121 Å². The minimum absolute atomic E-state index is 0.0702. The van der Waals surface area contributed by atoms with Crippen LogP contribution < -0.4 is 10.5 Å². The molecule has 0 aliphatic carbocycles. The number of methoxy groups -OCH3 is 1. The molecule has 0 fully saturated rings. The van der Waals surface area contributed by atoms with Crippen molar-refractivity contribution in [2.24, 2.45) is 5.73 Å². The number of esters is 1. The van der Waals surface area contributed by atoms with E-state index in [2.05, 4.69) is 4.74 Å². The Hall–Kier alpha value is -2.76. The molecule has 6 heteroatoms. The molecule has 0 saturated carbocycles. The summed E-state index contributed by atoms with van der Waals surface area (Å²) in [7, 11) is 1.27. The van der Waals surface area contributed by atoms with E-state index >= 15 is 0 Å². The lowest BCUT2D eigenvalue weighted by Crippen LogP contribution is -2.13. The maximum absolute atomic E-state index is 11.3. The highest BCUT2D eigenvalue weighted by molar-refractivity contribution is 5.95. The van der Waals surface area contributed by atoms with Crippen LogP contribution >= 0.6 is 0 Å². The van der Waals surface area contributed by atoms with Crippen LogP contribution in [0.25, 0.3) is 0 Å². The van der Waals surface area contributed by atoms with Crippen molar-refractivity contribution >= 4 is 11.9 Å². The molecule has 21 heavy (non-hydrogen) atoms. The predicted octanol–water partition coefficient (Wildman–Crippen LogP) is 2.05. The van der Waals surface area contributed by atoms with E-state index in [0.29, 0.717) is 17.1 Å². The van der Waals surface area contributed by atoms with Gasteiger partial charge in [-0.15, -0.1) is 0 Å². The van der Waals surface area contributed by atoms with Gasteiger partial charge in [-0.2, -0.15) is 0 Å². The fraction of sp³-hybridized carbons (Fsp3) is 0.200. The van der Waals surface area contributed by atoms with Gasteiger partial charge in [-0.25, -0.2) is 4.79 Å². The van der Waals surface area contributed by atoms with Gasteiger partial charge in [-0.1, -0.05) is 6.07 Å². The van der Waals surface area contributed by atoms with E-state index in [4.69, 9.17) is 14.9 Å². The summed E-state index contributed by atoms with van der Waals surface area (Å²) >= 11 is 0. The minimum Gasteiger partial charge on any atom is -0.485 e. The highest BCUT2D eigenvalue weighted by Crippen LogP contribution is 2.21. The molecule has 0 bridgehead atoms. The van der Waals surface area contributed by atoms with Crippen molar-refractivity contribution in [3.05, 3.63) is 53.0 Å². The van der Waals surface area contributed by atoms with Crippen molar-refractivity contribution in [3.63, 3.8) is 0 Å². The normalized spacial score (nSPS) is 10.2. The second-order valence-electron chi connectivity index (χ2n) is 4.41. The van der Waals surface area contributed by atoms with Crippen LogP contribution in [0, 0.1) is 6.92 Å². The Morgan fingerprint density at radius 3 is 2.67 bits per heavy atom. The Morgan fingerprint density at radius 1 is 1.24 bits per heavy atom. The van der Waals surface area contributed by atoms with Gasteiger partial charge in [0.1, 0.15) is 18.1 Å². The van der Waals surface area contributed by atoms with E-state index in [-0.39, 0.29) is 12.4 Å². The topological polar surface area (TPSA) is 91.8 Å². The van der Waals surface area contributed by atoms with E-state index in [9.17, 15) is 9.59 Å². The van der Waals surface area contributed by atoms with Gasteiger partial charge >= 0.3 is 5.97 Å². The zero-order chi connectivity index (χ0) is 15.4. The molecule has 1 aromatic heterocycles. The number of furan rings is 1. The minimum atomic E-state index is -0.570. The Balaban J connectivity index is 2.13. The van der Waals surface area contributed by atoms with Crippen LogP contribution in [0.1, 0.15) is 32.2 Å². The van der Waals surface area contributed by atoms with E-state index < -0.39 is 11.9 Å². The van der Waals surface area contributed by atoms with Gasteiger partial charge in [0.2, 0.25) is 5.76 Å². The summed E-state index contributed by atoms with van der Waals surface area (Å²) in [5, 5.41) is 0. The third kappa shape index (κ3) is 3.42. The van der Waals surface area contributed by atoms with Gasteiger partial charge in [-0.3, -0.25) is 4.79 Å². The highest BCUT2D eigenvalue weighted by atomic mass is 16.5. The molecule has 110 valence electrons. The maximum atomic E-state index is 11.3. The molecule has 0 atom stereocenters. The Morgan fingerprint density at radius 2 is 2.00 bits per heavy atom. The average Bonchev–Trinajstić information content (AvgIpc) is 2.93. The number of rotatable bonds is 5. The summed E-state index contributed by atoms with van der Waals surface area (Å²) in [6.07, 6.45) is 0. The largest absolute Gasteiger partial charge is 0.485 e. The number of aryl methyl sites for hydroxylation is 1. The summed E-state index contributed by atoms with van der Waals surface area (Å²) in [5.41, 5.74) is 6.52. The maximum Gasteiger partial charge on any atom is 0.373 e. The summed E-state index contributed by atoms with van der Waals surface area (Å²) in [6, 6.07) is 8.19. The summed E-state index contributed by atoms with van der Waals surface area (Å²) in [5.74, 6) is -0.226. The molecule has 6 nitrogen and oxygen atoms in total. The number of carbonyl (C=O) groups is 2. The molecule has 0 unspecified atom stereocenters. The van der Waals surface area contributed by atoms with Gasteiger partial charge in [0.15, 0.2) is 0 Å². The first-order valence-corrected chi connectivity index (χ1v) is 6.21. The molecular weight excluding hydrogens is 274 g/mol. The third-order valence-electron chi connectivity index (χ3n) is 2.82. The Bertz CT molecular complexity index is 674. The molecule has 0 saturated heterocycles. The van der Waals surface area contributed by atoms with Crippen molar-refractivity contribution < 1.29 is 23.5 Å². The summed E-state index contributed by atoms with van der Waals surface area (Å²) in [6.45, 7) is 1.95. The molecule has 0 radical (unpaired) electrons. The van der Waals surface area contributed by atoms with Gasteiger partial charge in [-0.05, 0) is 36.8 Å². The molecule has 0 aliphatic rings. The SMILES string of the molecule is COC(=O)c1ccc(COc2cc(C)ccc2C(N)=O)o1. The van der Waals surface area contributed by atoms with Crippen molar-refractivity contribution in [1.82, 2.24) is 0 Å². The summed E-state index contributed by atoms with van der Waals surface area (Å²) < 4.78 is 15.4. The zero-order valence-corrected chi connectivity index (χ0v) is 11.7. The zero-order valence-electron chi connectivity index (χ0n) is 11.7. The number of primary amides is 1. The van der Waals surface area contributed by atoms with Crippen molar-refractivity contribution in [3.8, 4) is 5.75 Å². The Kier molecular flexibility index (Phi) is 4.27. The van der Waals surface area contributed by atoms with Crippen molar-refractivity contribution in [2.45, 2.75) is 13.5 Å². The molecule has 2 aromatic rings. The van der Waals surface area contributed by atoms with Gasteiger partial charge in [0.05, 0.1) is 12.7 Å². The van der Waals surface area contributed by atoms with Gasteiger partial charge in [0, 0.05) is 0 Å². The van der Waals surface area contributed by atoms with Crippen LogP contribution in [0.2, 0.25) is 0 Å². The average molecular weight is 289 g/mol. The van der Waals surface area contributed by atoms with Crippen LogP contribution in [0.5, 0.6) is 5.75 Å². The number of hydrogen-bond donors (Lipinski definition) is 1. The lowest BCUT2D eigenvalue weighted by atomic mass is 10.1. The second kappa shape index (κ2) is 6.13. The molecule has 1 aromatic carbocycles. The quantitative estimate of drug-likeness (QED) is 0.850. The second-order valence-corrected chi connectivity index (χ2v) is 4.41. The summed E-state index contributed by atoms with van der Waals surface area (Å²) in [4.78, 5) is 22.6. The van der Waals surface area contributed by atoms with Crippen molar-refractivity contribution in [1.29, 1.82) is 0 Å². The number of ether oxygens (including phenoxy) is 2. The van der Waals surface area contributed by atoms with Crippen molar-refractivity contribution in [2.75, 3.05) is 7.11 Å². The molecule has 0 spiro atoms. The molecule has 2 rings (SSSR count). The van der Waals surface area contributed by atoms with Crippen LogP contribution in [0.15, 0.2) is 34.7 Å². The lowest BCUT2D eigenvalue weighted by molar-refractivity contribution is 0.0561. The van der Waals surface area contributed by atoms with E-state index in [1.54, 1.807) is 24.3 Å². The van der Waals surface area contributed by atoms with E-state index in [0.717, 1.165) is 5.56 Å². The number of carbonyl (C=O) groups excluding carboxylic acids is 2. The van der Waals surface area contributed by atoms with Crippen LogP contribution in [0.4, 0.5) is 0 Å². The van der Waals surface area contributed by atoms with E-state index in [1.165, 1.54) is 13.2 Å². The van der Waals surface area contributed by atoms with Gasteiger partial charge in [0.25, 0.3) is 5.91 Å². The fourth-order valence-corrected chi connectivity index (χ4v) is 1.77.